The van der Waals surface area contributed by atoms with Crippen LogP contribution in [0.3, 0.4) is 0 Å². The Morgan fingerprint density at radius 1 is 0.811 bits per heavy atom. The number of carbonyl (C=O) groups is 4. The summed E-state index contributed by atoms with van der Waals surface area (Å²) in [5.41, 5.74) is -2.58. The maximum atomic E-state index is 13.3. The number of hydrogen-bond acceptors (Lipinski definition) is 9. The molecule has 3 N–H and O–H groups in total. The van der Waals surface area contributed by atoms with Crippen LogP contribution in [-0.4, -0.2) is 68.8 Å². The third kappa shape index (κ3) is 5.25. The summed E-state index contributed by atoms with van der Waals surface area (Å²) >= 11 is 0. The van der Waals surface area contributed by atoms with Crippen molar-refractivity contribution >= 4 is 23.3 Å². The molecule has 1 unspecified atom stereocenters. The largest absolute Gasteiger partial charge is 0.432 e. The van der Waals surface area contributed by atoms with Crippen LogP contribution in [0.5, 0.6) is 0 Å². The lowest BCUT2D eigenvalue weighted by Crippen LogP contribution is -2.59. The zero-order valence-corrected chi connectivity index (χ0v) is 19.5. The van der Waals surface area contributed by atoms with Crippen molar-refractivity contribution in [2.75, 3.05) is 0 Å². The average Bonchev–Trinajstić information content (AvgIpc) is 3.19. The molecule has 9 nitrogen and oxygen atoms in total. The van der Waals surface area contributed by atoms with Gasteiger partial charge in [0.2, 0.25) is 6.29 Å². The van der Waals surface area contributed by atoms with Crippen LogP contribution in [0.25, 0.3) is 0 Å². The fourth-order valence-corrected chi connectivity index (χ4v) is 4.13. The van der Waals surface area contributed by atoms with Crippen LogP contribution in [0.4, 0.5) is 0 Å². The first-order valence-electron chi connectivity index (χ1n) is 11.4. The second kappa shape index (κ2) is 10.9. The van der Waals surface area contributed by atoms with Crippen LogP contribution in [-0.2, 0) is 14.3 Å². The summed E-state index contributed by atoms with van der Waals surface area (Å²) < 4.78 is 10.5. The maximum Gasteiger partial charge on any atom is 0.316 e. The van der Waals surface area contributed by atoms with Crippen molar-refractivity contribution in [3.8, 4) is 0 Å². The summed E-state index contributed by atoms with van der Waals surface area (Å²) in [5.74, 6) is -3.60. The minimum atomic E-state index is -2.86. The van der Waals surface area contributed by atoms with E-state index in [2.05, 4.69) is 0 Å². The van der Waals surface area contributed by atoms with Gasteiger partial charge in [-0.15, -0.1) is 0 Å². The minimum absolute atomic E-state index is 0.0387. The summed E-state index contributed by atoms with van der Waals surface area (Å²) in [7, 11) is 0. The van der Waals surface area contributed by atoms with Gasteiger partial charge in [0.1, 0.15) is 18.6 Å². The Morgan fingerprint density at radius 3 is 1.84 bits per heavy atom. The van der Waals surface area contributed by atoms with E-state index in [-0.39, 0.29) is 16.7 Å². The molecule has 4 rings (SSSR count). The number of Topliss-reactive ketones (excluding diaryl/α,β-unsaturated/α-hetero) is 3. The fourth-order valence-electron chi connectivity index (χ4n) is 4.13. The van der Waals surface area contributed by atoms with E-state index < -0.39 is 59.9 Å². The molecule has 0 saturated carbocycles. The van der Waals surface area contributed by atoms with Gasteiger partial charge >= 0.3 is 5.97 Å². The minimum Gasteiger partial charge on any atom is -0.432 e. The Labute approximate surface area is 211 Å². The summed E-state index contributed by atoms with van der Waals surface area (Å²) in [6, 6.07) is 23.0. The Bertz CT molecular complexity index is 1280. The molecule has 3 aromatic rings. The highest BCUT2D eigenvalue weighted by molar-refractivity contribution is 6.07. The molecule has 3 aromatic carbocycles. The van der Waals surface area contributed by atoms with E-state index in [4.69, 9.17) is 9.47 Å². The van der Waals surface area contributed by atoms with Crippen LogP contribution >= 0.6 is 0 Å². The number of ketones is 3. The molecule has 37 heavy (non-hydrogen) atoms. The molecule has 1 fully saturated rings. The molecule has 1 aliphatic heterocycles. The Kier molecular flexibility index (Phi) is 7.70. The molecule has 1 heterocycles. The molecule has 0 aromatic heterocycles. The average molecular weight is 504 g/mol. The fraction of sp³-hybridized carbons (Fsp3) is 0.214. The summed E-state index contributed by atoms with van der Waals surface area (Å²) in [6.07, 6.45) is -8.94. The van der Waals surface area contributed by atoms with Crippen LogP contribution in [0.15, 0.2) is 91.0 Å². The standard InChI is InChI=1S/C28H24O9/c29-20(17-10-4-1-5-11-17)16-21(30)36-27-25(34)28(35,24(33)19-14-8-3-9-15-19)26(37-27)23(32)22(31)18-12-6-2-7-13-18/h1-15,23,25-27,32,34-35H,16H2/t23?,25-,26+,27+,28-/m0/s1. The first-order valence-corrected chi connectivity index (χ1v) is 11.4. The highest BCUT2D eigenvalue weighted by atomic mass is 16.7. The normalized spacial score (nSPS) is 23.7. The van der Waals surface area contributed by atoms with Crippen LogP contribution in [0, 0.1) is 0 Å². The zero-order chi connectivity index (χ0) is 26.6. The lowest BCUT2D eigenvalue weighted by atomic mass is 9.81. The van der Waals surface area contributed by atoms with E-state index in [1.165, 1.54) is 48.5 Å². The molecule has 9 heteroatoms. The third-order valence-electron chi connectivity index (χ3n) is 6.08. The SMILES string of the molecule is O=C(CC(=O)c1ccccc1)O[C@@H]1O[C@H](C(O)C(=O)c2ccccc2)[C@](O)(C(=O)c2ccccc2)[C@H]1O. The zero-order valence-electron chi connectivity index (χ0n) is 19.5. The molecule has 0 spiro atoms. The predicted octanol–water partition coefficient (Wildman–Crippen LogP) is 1.75. The highest BCUT2D eigenvalue weighted by Gasteiger charge is 2.64. The van der Waals surface area contributed by atoms with E-state index in [0.717, 1.165) is 0 Å². The number of carbonyl (C=O) groups excluding carboxylic acids is 4. The topological polar surface area (TPSA) is 147 Å². The van der Waals surface area contributed by atoms with Gasteiger partial charge in [-0.2, -0.15) is 0 Å². The number of esters is 1. The van der Waals surface area contributed by atoms with E-state index in [1.807, 2.05) is 0 Å². The number of benzene rings is 3. The van der Waals surface area contributed by atoms with Crippen molar-refractivity contribution in [1.82, 2.24) is 0 Å². The summed E-state index contributed by atoms with van der Waals surface area (Å²) in [4.78, 5) is 51.1. The van der Waals surface area contributed by atoms with Crippen LogP contribution in [0.2, 0.25) is 0 Å². The van der Waals surface area contributed by atoms with Gasteiger partial charge < -0.3 is 24.8 Å². The quantitative estimate of drug-likeness (QED) is 0.225. The maximum absolute atomic E-state index is 13.3. The van der Waals surface area contributed by atoms with Crippen LogP contribution in [0.1, 0.15) is 37.5 Å². The van der Waals surface area contributed by atoms with Gasteiger partial charge in [0, 0.05) is 16.7 Å². The molecular weight excluding hydrogens is 480 g/mol. The number of hydrogen-bond donors (Lipinski definition) is 3. The van der Waals surface area contributed by atoms with Crippen molar-refractivity contribution < 1.29 is 44.0 Å². The van der Waals surface area contributed by atoms with Crippen molar-refractivity contribution in [3.05, 3.63) is 108 Å². The number of ether oxygens (including phenoxy) is 2. The Morgan fingerprint density at radius 2 is 1.30 bits per heavy atom. The second-order valence-corrected chi connectivity index (χ2v) is 8.52. The van der Waals surface area contributed by atoms with E-state index in [1.54, 1.807) is 42.5 Å². The smallest absolute Gasteiger partial charge is 0.316 e. The van der Waals surface area contributed by atoms with Crippen molar-refractivity contribution in [1.29, 1.82) is 0 Å². The molecule has 1 aliphatic rings. The van der Waals surface area contributed by atoms with Gasteiger partial charge in [0.05, 0.1) is 0 Å². The van der Waals surface area contributed by atoms with Gasteiger partial charge in [-0.1, -0.05) is 91.0 Å². The van der Waals surface area contributed by atoms with Crippen molar-refractivity contribution in [2.24, 2.45) is 0 Å². The Hall–Kier alpha value is -4.02. The molecule has 0 radical (unpaired) electrons. The Balaban J connectivity index is 1.60. The second-order valence-electron chi connectivity index (χ2n) is 8.52. The molecule has 0 amide bonds. The van der Waals surface area contributed by atoms with E-state index in [9.17, 15) is 34.5 Å². The van der Waals surface area contributed by atoms with Crippen molar-refractivity contribution in [2.45, 2.75) is 36.6 Å². The molecule has 0 aliphatic carbocycles. The first-order chi connectivity index (χ1) is 17.7. The van der Waals surface area contributed by atoms with Gasteiger partial charge in [0.25, 0.3) is 0 Å². The van der Waals surface area contributed by atoms with Crippen LogP contribution < -0.4 is 0 Å². The third-order valence-corrected chi connectivity index (χ3v) is 6.08. The number of aliphatic hydroxyl groups excluding tert-OH is 2. The molecular formula is C28H24O9. The van der Waals surface area contributed by atoms with E-state index >= 15 is 0 Å². The molecule has 5 atom stereocenters. The van der Waals surface area contributed by atoms with Gasteiger partial charge in [-0.3, -0.25) is 19.2 Å². The lowest BCUT2D eigenvalue weighted by molar-refractivity contribution is -0.190. The molecule has 0 bridgehead atoms. The lowest BCUT2D eigenvalue weighted by Gasteiger charge is -2.31. The highest BCUT2D eigenvalue weighted by Crippen LogP contribution is 2.37. The monoisotopic (exact) mass is 504 g/mol. The van der Waals surface area contributed by atoms with Gasteiger partial charge in [-0.25, -0.2) is 0 Å². The number of aliphatic hydroxyl groups is 3. The van der Waals surface area contributed by atoms with Crippen molar-refractivity contribution in [3.63, 3.8) is 0 Å². The summed E-state index contributed by atoms with van der Waals surface area (Å²) in [5, 5.41) is 33.3. The first kappa shape index (κ1) is 26.1. The predicted molar refractivity (Wildman–Crippen MR) is 129 cm³/mol. The van der Waals surface area contributed by atoms with Gasteiger partial charge in [0.15, 0.2) is 29.1 Å². The van der Waals surface area contributed by atoms with E-state index in [0.29, 0.717) is 0 Å². The number of rotatable bonds is 9. The molecule has 1 saturated heterocycles. The summed E-state index contributed by atoms with van der Waals surface area (Å²) in [6.45, 7) is 0. The molecule has 190 valence electrons. The van der Waals surface area contributed by atoms with Gasteiger partial charge in [-0.05, 0) is 0 Å².